The average Bonchev–Trinajstić information content (AvgIpc) is 2.35. The van der Waals surface area contributed by atoms with Crippen molar-refractivity contribution >= 4 is 240 Å². The zero-order valence-electron chi connectivity index (χ0n) is 12.5. The molecular formula is C17H64B12I6KS2U2-. The van der Waals surface area contributed by atoms with Crippen molar-refractivity contribution in [3.8, 4) is 0 Å². The second-order valence-corrected chi connectivity index (χ2v) is 5.82. The summed E-state index contributed by atoms with van der Waals surface area (Å²) in [5, 5.41) is 8.82. The summed E-state index contributed by atoms with van der Waals surface area (Å²) in [5.41, 5.74) is 0. The molecule has 0 fully saturated rings. The van der Waals surface area contributed by atoms with Gasteiger partial charge in [0.2, 0.25) is 0 Å². The van der Waals surface area contributed by atoms with E-state index in [1.165, 1.54) is 30.2 Å². The van der Waals surface area contributed by atoms with Gasteiger partial charge in [0.15, 0.2) is 0 Å². The summed E-state index contributed by atoms with van der Waals surface area (Å²) in [4.78, 5) is 0. The molecular weight excluding hydrogens is 1670 g/mol. The molecule has 0 amide bonds. The molecule has 23 heteroatoms. The van der Waals surface area contributed by atoms with E-state index in [1.54, 1.807) is 0 Å². The van der Waals surface area contributed by atoms with E-state index < -0.39 is 0 Å². The van der Waals surface area contributed by atoms with Crippen LogP contribution >= 0.6 is 146 Å². The molecule has 0 spiro atoms. The maximum Gasteiger partial charge on any atom is 1.00 e. The number of halogens is 6. The average molecular weight is 1740 g/mol. The van der Waals surface area contributed by atoms with Crippen molar-refractivity contribution in [2.24, 2.45) is 0 Å². The van der Waals surface area contributed by atoms with Gasteiger partial charge in [-0.15, -0.1) is 0 Å². The molecule has 0 unspecified atom stereocenters. The van der Waals surface area contributed by atoms with Crippen LogP contribution in [0, 0.1) is 62.2 Å². The fourth-order valence-electron chi connectivity index (χ4n) is 0. The summed E-state index contributed by atoms with van der Waals surface area (Å²) in [7, 11) is 28.3. The minimum Gasteiger partial charge on any atom is -0.692 e. The molecule has 0 heterocycles. The molecule has 0 saturated heterocycles. The second-order valence-electron chi connectivity index (χ2n) is 0.839. The maximum atomic E-state index is 4.71. The van der Waals surface area contributed by atoms with Gasteiger partial charge in [0.05, 0.1) is 0 Å². The first kappa shape index (κ1) is 212. The summed E-state index contributed by atoms with van der Waals surface area (Å²) < 4.78 is 1.92. The van der Waals surface area contributed by atoms with Crippen LogP contribution in [0.25, 0.3) is 0 Å². The maximum absolute atomic E-state index is 4.71. The van der Waals surface area contributed by atoms with Crippen LogP contribution in [0.15, 0.2) is 0 Å². The van der Waals surface area contributed by atoms with Crippen molar-refractivity contribution in [2.45, 2.75) is 119 Å². The Morgan fingerprint density at radius 1 is 0.375 bits per heavy atom. The molecule has 18 radical (unpaired) electrons. The largest absolute Gasteiger partial charge is 1.00 e. The van der Waals surface area contributed by atoms with Crippen LogP contribution in [-0.4, -0.2) is 81.3 Å². The van der Waals surface area contributed by atoms with Gasteiger partial charge in [-0.25, -0.2) is 0 Å². The van der Waals surface area contributed by atoms with E-state index in [1.807, 2.05) is 139 Å². The summed E-state index contributed by atoms with van der Waals surface area (Å²) in [6, 6.07) is 0. The number of thiocarbonyl (C=S) groups is 1. The van der Waals surface area contributed by atoms with Crippen LogP contribution in [0.5, 0.6) is 0 Å². The molecule has 40 heavy (non-hydrogen) atoms. The minimum atomic E-state index is 0. The Labute approximate surface area is 462 Å². The Hall–Kier alpha value is 9.21. The molecule has 0 bridgehead atoms. The van der Waals surface area contributed by atoms with E-state index in [2.05, 4.69) is 24.8 Å². The van der Waals surface area contributed by atoms with E-state index in [4.69, 9.17) is 46.4 Å². The van der Waals surface area contributed by atoms with Gasteiger partial charge < -0.3 is 29.5 Å². The molecule has 0 aliphatic heterocycles. The minimum absolute atomic E-state index is 0. The van der Waals surface area contributed by atoms with Crippen molar-refractivity contribution in [3.63, 3.8) is 0 Å². The van der Waals surface area contributed by atoms with E-state index >= 15 is 0 Å². The topological polar surface area (TPSA) is 0 Å². The molecule has 232 valence electrons. The normalized spacial score (nSPS) is 2.25. The molecule has 0 saturated carbocycles. The molecule has 0 atom stereocenters. The third-order valence-corrected chi connectivity index (χ3v) is 0. The van der Waals surface area contributed by atoms with Gasteiger partial charge in [-0.05, 0) is 0 Å². The van der Waals surface area contributed by atoms with Gasteiger partial charge in [0.25, 0.3) is 0 Å². The zero-order chi connectivity index (χ0) is 18.9. The van der Waals surface area contributed by atoms with Crippen LogP contribution in [-0.2, 0) is 12.6 Å². The van der Waals surface area contributed by atoms with Gasteiger partial charge in [0.1, 0.15) is 30.2 Å². The van der Waals surface area contributed by atoms with Gasteiger partial charge in [0, 0.05) is 109 Å². The molecule has 0 nitrogen and oxygen atoms in total. The Balaban J connectivity index is -0.00000000221. The predicted molar refractivity (Wildman–Crippen MR) is 281 cm³/mol. The molecule has 0 N–H and O–H groups in total. The van der Waals surface area contributed by atoms with Crippen molar-refractivity contribution in [1.29, 1.82) is 0 Å². The third-order valence-electron chi connectivity index (χ3n) is 0. The predicted octanol–water partition coefficient (Wildman–Crippen LogP) is 8.29. The molecule has 0 aliphatic rings. The zero-order valence-corrected chi connectivity index (χ0v) is 38.5. The van der Waals surface area contributed by atoms with Crippen molar-refractivity contribution in [1.82, 2.24) is 0 Å². The van der Waals surface area contributed by atoms with Gasteiger partial charge in [-0.3, -0.25) is 0 Å². The van der Waals surface area contributed by atoms with Gasteiger partial charge in [-0.2, -0.15) is 134 Å². The molecule has 0 rings (SSSR count). The fraction of sp³-hybridized carbons (Fsp3) is 0.941. The summed E-state index contributed by atoms with van der Waals surface area (Å²) in [6.45, 7) is 0. The standard InChI is InChI=1S/CS2.16CH4.6B2I.K.2U/c2-1-3;;;;;;;;;;;;;;;;;6*1-2-3;;;/h;16*1H4;;;;;;;;;/q-2;;;;;;;;;;;;;;;;;;;;;;;+1;;. The van der Waals surface area contributed by atoms with Gasteiger partial charge >= 0.3 is 51.4 Å². The summed E-state index contributed by atoms with van der Waals surface area (Å²) >= 11 is 19.6. The number of hydrogen-bond donors (Lipinski definition) is 0. The molecule has 0 aliphatic carbocycles. The quantitative estimate of drug-likeness (QED) is 0.0789. The SMILES string of the molecule is C.C.C.C.C.C.C.C.C.C.C.C.C.C.C.C.S=[C-][S-].[B][B]I.[B][B]I.[B][B]I.[B][B]I.[B][B]I.[B][B]I.[K+].[U].[U]. The molecule has 0 aromatic rings. The van der Waals surface area contributed by atoms with Crippen molar-refractivity contribution < 1.29 is 114 Å². The Bertz CT molecular complexity index is 120. The van der Waals surface area contributed by atoms with E-state index in [-0.39, 0.29) is 232 Å². The van der Waals surface area contributed by atoms with E-state index in [0.29, 0.717) is 0 Å². The Morgan fingerprint density at radius 2 is 0.375 bits per heavy atom. The fourth-order valence-corrected chi connectivity index (χ4v) is 0. The monoisotopic (exact) mass is 1740 g/mol. The van der Waals surface area contributed by atoms with Crippen LogP contribution in [0.2, 0.25) is 0 Å². The van der Waals surface area contributed by atoms with Crippen molar-refractivity contribution in [2.75, 3.05) is 0 Å². The second kappa shape index (κ2) is 409. The molecule has 0 aromatic heterocycles. The van der Waals surface area contributed by atoms with Gasteiger partial charge in [-0.1, -0.05) is 119 Å². The first-order valence-corrected chi connectivity index (χ1v) is 12.0. The van der Waals surface area contributed by atoms with Crippen LogP contribution < -0.4 is 51.4 Å². The Kier molecular flexibility index (Phi) is 2170. The first-order chi connectivity index (χ1) is 9.90. The van der Waals surface area contributed by atoms with Crippen LogP contribution in [0.4, 0.5) is 0 Å². The smallest absolute Gasteiger partial charge is 0.692 e. The van der Waals surface area contributed by atoms with E-state index in [0.717, 1.165) is 0 Å². The van der Waals surface area contributed by atoms with Crippen molar-refractivity contribution in [3.05, 3.63) is 0 Å². The number of rotatable bonds is 0. The van der Waals surface area contributed by atoms with E-state index in [9.17, 15) is 0 Å². The number of hydrogen-bond acceptors (Lipinski definition) is 2. The molecule has 0 aromatic carbocycles. The van der Waals surface area contributed by atoms with Crippen LogP contribution in [0.3, 0.4) is 0 Å². The Morgan fingerprint density at radius 3 is 0.375 bits per heavy atom. The third kappa shape index (κ3) is 1190. The first-order valence-electron chi connectivity index (χ1n) is 3.72. The summed E-state index contributed by atoms with van der Waals surface area (Å²) in [6.07, 6.45) is 0. The van der Waals surface area contributed by atoms with Crippen LogP contribution in [0.1, 0.15) is 119 Å². The summed E-state index contributed by atoms with van der Waals surface area (Å²) in [5.74, 6) is 0.